The number of nitrogens with one attached hydrogen (secondary N) is 2. The van der Waals surface area contributed by atoms with Gasteiger partial charge in [-0.15, -0.1) is 0 Å². The summed E-state index contributed by atoms with van der Waals surface area (Å²) in [6.45, 7) is 7.69. The summed E-state index contributed by atoms with van der Waals surface area (Å²) in [6, 6.07) is 0. The minimum atomic E-state index is -0.0220. The number of hydrogen-bond donors (Lipinski definition) is 4. The van der Waals surface area contributed by atoms with Gasteiger partial charge < -0.3 is 30.6 Å². The highest BCUT2D eigenvalue weighted by atomic mass is 16.3. The normalized spacial score (nSPS) is 20.7. The molecule has 2 aliphatic rings. The van der Waals surface area contributed by atoms with Gasteiger partial charge in [0.25, 0.3) is 0 Å². The lowest BCUT2D eigenvalue weighted by Crippen LogP contribution is -2.39. The number of rotatable bonds is 2. The van der Waals surface area contributed by atoms with Gasteiger partial charge in [-0.2, -0.15) is 0 Å². The van der Waals surface area contributed by atoms with Gasteiger partial charge in [-0.3, -0.25) is 0 Å². The molecule has 0 spiro atoms. The summed E-state index contributed by atoms with van der Waals surface area (Å²) >= 11 is 0. The van der Waals surface area contributed by atoms with Crippen LogP contribution in [0.3, 0.4) is 0 Å². The van der Waals surface area contributed by atoms with E-state index in [1.54, 1.807) is 0 Å². The van der Waals surface area contributed by atoms with Gasteiger partial charge in [0.1, 0.15) is 0 Å². The zero-order chi connectivity index (χ0) is 15.2. The van der Waals surface area contributed by atoms with Gasteiger partial charge in [-0.25, -0.2) is 0 Å². The molecule has 2 fully saturated rings. The van der Waals surface area contributed by atoms with Crippen molar-refractivity contribution in [1.29, 1.82) is 0 Å². The summed E-state index contributed by atoms with van der Waals surface area (Å²) in [7, 11) is 5.94. The second-order valence-electron chi connectivity index (χ2n) is 5.56. The summed E-state index contributed by atoms with van der Waals surface area (Å²) in [4.78, 5) is 4.17. The zero-order valence-electron chi connectivity index (χ0n) is 13.4. The van der Waals surface area contributed by atoms with Crippen molar-refractivity contribution < 1.29 is 10.2 Å². The SMILES string of the molecule is C1CNCCN1.CN(C)CCO.CN1CCC(O)CC1. The Morgan fingerprint density at radius 3 is 1.70 bits per heavy atom. The molecule has 0 radical (unpaired) electrons. The lowest BCUT2D eigenvalue weighted by Gasteiger charge is -2.25. The Balaban J connectivity index is 0.000000276. The predicted octanol–water partition coefficient (Wildman–Crippen LogP) is -1.21. The Morgan fingerprint density at radius 1 is 1.05 bits per heavy atom. The lowest BCUT2D eigenvalue weighted by molar-refractivity contribution is 0.0943. The number of hydrogen-bond acceptors (Lipinski definition) is 6. The molecule has 2 aliphatic heterocycles. The van der Waals surface area contributed by atoms with Crippen LogP contribution in [0.15, 0.2) is 0 Å². The van der Waals surface area contributed by atoms with Gasteiger partial charge in [0, 0.05) is 45.8 Å². The topological polar surface area (TPSA) is 71.0 Å². The quantitative estimate of drug-likeness (QED) is 0.512. The van der Waals surface area contributed by atoms with E-state index in [-0.39, 0.29) is 12.7 Å². The van der Waals surface area contributed by atoms with Crippen LogP contribution in [-0.2, 0) is 0 Å². The van der Waals surface area contributed by atoms with E-state index in [9.17, 15) is 0 Å². The highest BCUT2D eigenvalue weighted by Crippen LogP contribution is 2.06. The van der Waals surface area contributed by atoms with Crippen molar-refractivity contribution in [3.05, 3.63) is 0 Å². The first-order valence-corrected chi connectivity index (χ1v) is 7.60. The number of likely N-dealkylation sites (tertiary alicyclic amines) is 1. The van der Waals surface area contributed by atoms with Crippen LogP contribution in [0.1, 0.15) is 12.8 Å². The van der Waals surface area contributed by atoms with E-state index >= 15 is 0 Å². The van der Waals surface area contributed by atoms with Crippen molar-refractivity contribution in [1.82, 2.24) is 20.4 Å². The highest BCUT2D eigenvalue weighted by Gasteiger charge is 2.12. The second kappa shape index (κ2) is 13.7. The molecule has 20 heavy (non-hydrogen) atoms. The molecule has 2 rings (SSSR count). The van der Waals surface area contributed by atoms with Crippen LogP contribution < -0.4 is 10.6 Å². The third kappa shape index (κ3) is 14.2. The maximum absolute atomic E-state index is 9.00. The summed E-state index contributed by atoms with van der Waals surface area (Å²) in [5.74, 6) is 0. The van der Waals surface area contributed by atoms with Crippen molar-refractivity contribution >= 4 is 0 Å². The van der Waals surface area contributed by atoms with E-state index in [1.807, 2.05) is 19.0 Å². The number of aliphatic hydroxyl groups is 2. The van der Waals surface area contributed by atoms with Gasteiger partial charge >= 0.3 is 0 Å². The number of piperazine rings is 1. The van der Waals surface area contributed by atoms with Gasteiger partial charge in [-0.1, -0.05) is 0 Å². The molecular formula is C14H34N4O2. The fourth-order valence-electron chi connectivity index (χ4n) is 1.80. The van der Waals surface area contributed by atoms with E-state index in [0.29, 0.717) is 0 Å². The molecule has 0 atom stereocenters. The largest absolute Gasteiger partial charge is 0.395 e. The molecule has 0 bridgehead atoms. The van der Waals surface area contributed by atoms with E-state index in [0.717, 1.165) is 58.7 Å². The van der Waals surface area contributed by atoms with Crippen LogP contribution in [0.4, 0.5) is 0 Å². The van der Waals surface area contributed by atoms with Gasteiger partial charge in [-0.05, 0) is 34.0 Å². The first kappa shape index (κ1) is 19.8. The van der Waals surface area contributed by atoms with E-state index < -0.39 is 0 Å². The molecule has 122 valence electrons. The monoisotopic (exact) mass is 290 g/mol. The minimum absolute atomic E-state index is 0.0220. The Hall–Kier alpha value is -0.240. The number of likely N-dealkylation sites (N-methyl/N-ethyl adjacent to an activating group) is 1. The Bertz CT molecular complexity index is 172. The standard InChI is InChI=1S/C6H13NO.C4H10N2.C4H11NO/c1-7-4-2-6(8)3-5-7;1-2-6-4-3-5-1;1-5(2)3-4-6/h6,8H,2-5H2,1H3;5-6H,1-4H2;6H,3-4H2,1-2H3. The molecule has 0 unspecified atom stereocenters. The summed E-state index contributed by atoms with van der Waals surface area (Å²) in [5.41, 5.74) is 0. The van der Waals surface area contributed by atoms with Gasteiger partial charge in [0.05, 0.1) is 12.7 Å². The number of piperidine rings is 1. The van der Waals surface area contributed by atoms with Crippen LogP contribution in [0.25, 0.3) is 0 Å². The molecule has 6 nitrogen and oxygen atoms in total. The molecule has 6 heteroatoms. The predicted molar refractivity (Wildman–Crippen MR) is 84.1 cm³/mol. The molecule has 2 saturated heterocycles. The molecule has 2 heterocycles. The Labute approximate surface area is 124 Å². The first-order chi connectivity index (χ1) is 9.56. The van der Waals surface area contributed by atoms with Crippen molar-refractivity contribution in [2.24, 2.45) is 0 Å². The van der Waals surface area contributed by atoms with Crippen molar-refractivity contribution in [3.8, 4) is 0 Å². The third-order valence-electron chi connectivity index (χ3n) is 3.19. The molecular weight excluding hydrogens is 256 g/mol. The van der Waals surface area contributed by atoms with Crippen molar-refractivity contribution in [3.63, 3.8) is 0 Å². The van der Waals surface area contributed by atoms with Crippen LogP contribution in [0, 0.1) is 0 Å². The average molecular weight is 290 g/mol. The number of aliphatic hydroxyl groups excluding tert-OH is 2. The molecule has 0 aromatic rings. The Morgan fingerprint density at radius 2 is 1.50 bits per heavy atom. The second-order valence-corrected chi connectivity index (χ2v) is 5.56. The zero-order valence-corrected chi connectivity index (χ0v) is 13.4. The average Bonchev–Trinajstić information content (AvgIpc) is 2.45. The Kier molecular flexibility index (Phi) is 13.6. The van der Waals surface area contributed by atoms with Gasteiger partial charge in [0.15, 0.2) is 0 Å². The molecule has 0 amide bonds. The van der Waals surface area contributed by atoms with E-state index in [1.165, 1.54) is 0 Å². The van der Waals surface area contributed by atoms with Crippen LogP contribution in [0.2, 0.25) is 0 Å². The summed E-state index contributed by atoms with van der Waals surface area (Å²) < 4.78 is 0. The van der Waals surface area contributed by atoms with E-state index in [4.69, 9.17) is 10.2 Å². The fourth-order valence-corrected chi connectivity index (χ4v) is 1.80. The molecule has 4 N–H and O–H groups in total. The summed E-state index contributed by atoms with van der Waals surface area (Å²) in [6.07, 6.45) is 1.89. The third-order valence-corrected chi connectivity index (χ3v) is 3.19. The molecule has 0 aromatic heterocycles. The maximum Gasteiger partial charge on any atom is 0.0564 e. The molecule has 0 aromatic carbocycles. The highest BCUT2D eigenvalue weighted by molar-refractivity contribution is 4.67. The van der Waals surface area contributed by atoms with Crippen LogP contribution in [0.5, 0.6) is 0 Å². The number of nitrogens with zero attached hydrogens (tertiary/aromatic N) is 2. The van der Waals surface area contributed by atoms with E-state index in [2.05, 4.69) is 22.6 Å². The molecule has 0 saturated carbocycles. The maximum atomic E-state index is 9.00. The van der Waals surface area contributed by atoms with Crippen LogP contribution >= 0.6 is 0 Å². The first-order valence-electron chi connectivity index (χ1n) is 7.60. The van der Waals surface area contributed by atoms with Gasteiger partial charge in [0.2, 0.25) is 0 Å². The molecule has 0 aliphatic carbocycles. The summed E-state index contributed by atoms with van der Waals surface area (Å²) in [5, 5.41) is 23.6. The fraction of sp³-hybridized carbons (Fsp3) is 1.00. The smallest absolute Gasteiger partial charge is 0.0564 e. The van der Waals surface area contributed by atoms with Crippen molar-refractivity contribution in [2.75, 3.05) is 73.6 Å². The van der Waals surface area contributed by atoms with Crippen molar-refractivity contribution in [2.45, 2.75) is 18.9 Å². The minimum Gasteiger partial charge on any atom is -0.395 e. The lowest BCUT2D eigenvalue weighted by atomic mass is 10.1. The van der Waals surface area contributed by atoms with Crippen LogP contribution in [-0.4, -0.2) is 99.7 Å².